The summed E-state index contributed by atoms with van der Waals surface area (Å²) in [7, 11) is 7.09. The summed E-state index contributed by atoms with van der Waals surface area (Å²) in [5.74, 6) is 2.00. The van der Waals surface area contributed by atoms with E-state index < -0.39 is 24.2 Å². The number of aldehydes is 2. The Bertz CT molecular complexity index is 2680. The van der Waals surface area contributed by atoms with Crippen molar-refractivity contribution >= 4 is 75.3 Å². The van der Waals surface area contributed by atoms with Crippen molar-refractivity contribution in [2.75, 3.05) is 46.3 Å². The number of nitrogens with zero attached hydrogens (tertiary/aromatic N) is 2. The summed E-state index contributed by atoms with van der Waals surface area (Å²) in [4.78, 5) is 52.2. The maximum atomic E-state index is 14.2. The van der Waals surface area contributed by atoms with Crippen molar-refractivity contribution in [3.63, 3.8) is 0 Å². The molecule has 1 unspecified atom stereocenters. The monoisotopic (exact) mass is 1210 g/mol. The minimum atomic E-state index is -0.865. The molecule has 1 saturated heterocycles. The Hall–Kier alpha value is -5.08. The van der Waals surface area contributed by atoms with Crippen molar-refractivity contribution in [3.05, 3.63) is 138 Å². The molecule has 72 heavy (non-hydrogen) atoms. The van der Waals surface area contributed by atoms with Crippen LogP contribution in [0.1, 0.15) is 82.7 Å². The van der Waals surface area contributed by atoms with Gasteiger partial charge in [0.15, 0.2) is 12.6 Å². The number of aliphatic hydroxyl groups excluding tert-OH is 2. The third kappa shape index (κ3) is 13.0. The van der Waals surface area contributed by atoms with E-state index in [0.717, 1.165) is 50.6 Å². The van der Waals surface area contributed by atoms with E-state index in [4.69, 9.17) is 14.6 Å². The number of halogens is 2. The van der Waals surface area contributed by atoms with Crippen molar-refractivity contribution in [2.24, 2.45) is 29.1 Å². The summed E-state index contributed by atoms with van der Waals surface area (Å²) < 4.78 is 12.7. The smallest absolute Gasteiger partial charge is 0.251 e. The number of methoxy groups -OCH3 is 2. The Balaban J connectivity index is 0.000000331. The Kier molecular flexibility index (Phi) is 19.7. The highest BCUT2D eigenvalue weighted by atomic mass is 127. The van der Waals surface area contributed by atoms with Gasteiger partial charge in [-0.3, -0.25) is 24.1 Å². The van der Waals surface area contributed by atoms with Crippen LogP contribution in [0.2, 0.25) is 0 Å². The van der Waals surface area contributed by atoms with Gasteiger partial charge in [0.25, 0.3) is 5.91 Å². The standard InChI is InChI=1S/C42H56N4O5.C8H7IO2.C7H5IO2/c1-25-34-21-31(42(34,3)4)22-35(25)44-41(50)38-37(26(2)47)36(48)24-46(38)23-28-14-11-15-33(39(28)51-7)29-18-30(20-32(19-29)45(5)6)40(49)43-17-16-27-12-9-8-10-13-27;1-11-8-6(5-10)3-2-4-7(8)9;8-6-3-1-2-5(4-9)7(6)10/h8-15,18-20,25-26,31,34-38,47-48H,16-17,21-24H2,1-7H3,(H,43,49)(H,44,50);2-5H,1H3;1-4,10H/t25-,26-,31+,34-,35?,36-,37+,38-;;/m0../s1. The van der Waals surface area contributed by atoms with E-state index in [1.165, 1.54) is 6.42 Å². The first kappa shape index (κ1) is 56.2. The average Bonchev–Trinajstić information content (AvgIpc) is 3.70. The number of phenols is 1. The molecular formula is C57H68I2N4O9. The fraction of sp³-hybridized carbons (Fsp3) is 0.404. The van der Waals surface area contributed by atoms with Crippen LogP contribution in [0.4, 0.5) is 5.69 Å². The van der Waals surface area contributed by atoms with Crippen LogP contribution < -0.4 is 25.0 Å². The largest absolute Gasteiger partial charge is 0.506 e. The molecule has 2 bridgehead atoms. The average molecular weight is 1210 g/mol. The van der Waals surface area contributed by atoms with Gasteiger partial charge in [0, 0.05) is 68.1 Å². The second kappa shape index (κ2) is 25.2. The minimum absolute atomic E-state index is 0.0677. The molecule has 1 heterocycles. The molecule has 1 aliphatic heterocycles. The quantitative estimate of drug-likeness (QED) is 0.0499. The van der Waals surface area contributed by atoms with Gasteiger partial charge in [0.2, 0.25) is 5.91 Å². The number of likely N-dealkylation sites (tertiary alicyclic amines) is 1. The molecule has 4 fully saturated rings. The SMILES string of the molecule is COc1c(CN2C[C@H](O)[C@@H]([C@H](C)O)[C@H]2C(=O)NC2C[C@H]3C[C@@H]([C@@H]2C)C3(C)C)cccc1-c1cc(C(=O)NCCc2ccccc2)cc(N(C)C)c1.COc1c(I)cccc1C=O.O=Cc1cccc(I)c1O. The molecule has 5 aromatic rings. The molecule has 8 atom stereocenters. The number of aromatic hydroxyl groups is 1. The van der Waals surface area contributed by atoms with Crippen LogP contribution in [0.15, 0.2) is 103 Å². The maximum Gasteiger partial charge on any atom is 0.251 e. The number of nitrogens with one attached hydrogen (secondary N) is 2. The second-order valence-electron chi connectivity index (χ2n) is 19.8. The first-order valence-corrected chi connectivity index (χ1v) is 26.4. The number of fused-ring (bicyclic) bond motifs is 2. The van der Waals surface area contributed by atoms with Crippen LogP contribution in [-0.2, 0) is 17.8 Å². The molecule has 5 aromatic carbocycles. The van der Waals surface area contributed by atoms with E-state index in [-0.39, 0.29) is 30.2 Å². The topological polar surface area (TPSA) is 178 Å². The zero-order valence-electron chi connectivity index (χ0n) is 42.3. The molecule has 0 radical (unpaired) electrons. The number of hydrogen-bond donors (Lipinski definition) is 5. The molecule has 3 aliphatic carbocycles. The number of aliphatic hydroxyl groups is 2. The van der Waals surface area contributed by atoms with Crippen LogP contribution in [0.5, 0.6) is 17.2 Å². The van der Waals surface area contributed by atoms with E-state index in [9.17, 15) is 29.4 Å². The molecule has 4 aliphatic rings. The number of ether oxygens (including phenoxy) is 2. The lowest BCUT2D eigenvalue weighted by atomic mass is 9.45. The van der Waals surface area contributed by atoms with Crippen LogP contribution in [0.25, 0.3) is 11.1 Å². The van der Waals surface area contributed by atoms with Gasteiger partial charge in [-0.25, -0.2) is 0 Å². The fourth-order valence-electron chi connectivity index (χ4n) is 10.7. The first-order valence-electron chi connectivity index (χ1n) is 24.3. The number of amides is 2. The first-order chi connectivity index (χ1) is 34.3. The highest BCUT2D eigenvalue weighted by Crippen LogP contribution is 2.61. The minimum Gasteiger partial charge on any atom is -0.506 e. The Morgan fingerprint density at radius 1 is 0.875 bits per heavy atom. The molecule has 0 spiro atoms. The van der Waals surface area contributed by atoms with Crippen molar-refractivity contribution in [1.82, 2.24) is 15.5 Å². The number of phenolic OH excluding ortho intramolecular Hbond substituents is 1. The third-order valence-corrected chi connectivity index (χ3v) is 16.5. The molecule has 13 nitrogen and oxygen atoms in total. The van der Waals surface area contributed by atoms with Crippen molar-refractivity contribution in [3.8, 4) is 28.4 Å². The number of para-hydroxylation sites is 3. The lowest BCUT2D eigenvalue weighted by Crippen LogP contribution is -2.62. The van der Waals surface area contributed by atoms with Crippen LogP contribution in [-0.4, -0.2) is 110 Å². The van der Waals surface area contributed by atoms with Crippen LogP contribution in [0.3, 0.4) is 0 Å². The zero-order chi connectivity index (χ0) is 52.4. The Morgan fingerprint density at radius 2 is 1.53 bits per heavy atom. The van der Waals surface area contributed by atoms with Crippen LogP contribution in [0, 0.1) is 36.2 Å². The molecule has 9 rings (SSSR count). The van der Waals surface area contributed by atoms with Gasteiger partial charge in [0.05, 0.1) is 50.7 Å². The number of carbonyl (C=O) groups is 4. The number of β-amino-alcohol motifs (C(OH)–C–C–N with tert-alkyl or cyclic N) is 1. The molecule has 3 saturated carbocycles. The summed E-state index contributed by atoms with van der Waals surface area (Å²) in [5, 5.41) is 37.6. The lowest BCUT2D eigenvalue weighted by Gasteiger charge is -2.62. The molecular weight excluding hydrogens is 1140 g/mol. The van der Waals surface area contributed by atoms with Crippen LogP contribution >= 0.6 is 45.2 Å². The number of hydrogen-bond acceptors (Lipinski definition) is 11. The second-order valence-corrected chi connectivity index (χ2v) is 22.1. The molecule has 5 N–H and O–H groups in total. The number of rotatable bonds is 15. The summed E-state index contributed by atoms with van der Waals surface area (Å²) in [5.41, 5.74) is 6.34. The molecule has 0 aromatic heterocycles. The predicted molar refractivity (Wildman–Crippen MR) is 299 cm³/mol. The Labute approximate surface area is 451 Å². The summed E-state index contributed by atoms with van der Waals surface area (Å²) in [6.45, 7) is 9.72. The maximum absolute atomic E-state index is 14.2. The van der Waals surface area contributed by atoms with Gasteiger partial charge in [-0.05, 0) is 148 Å². The van der Waals surface area contributed by atoms with Gasteiger partial charge >= 0.3 is 0 Å². The lowest BCUT2D eigenvalue weighted by molar-refractivity contribution is -0.139. The molecule has 384 valence electrons. The molecule has 2 amide bonds. The highest BCUT2D eigenvalue weighted by Gasteiger charge is 2.57. The van der Waals surface area contributed by atoms with E-state index in [0.29, 0.717) is 74.3 Å². The van der Waals surface area contributed by atoms with Gasteiger partial charge in [-0.1, -0.05) is 81.4 Å². The fourth-order valence-corrected chi connectivity index (χ4v) is 12.0. The van der Waals surface area contributed by atoms with Gasteiger partial charge in [-0.15, -0.1) is 0 Å². The van der Waals surface area contributed by atoms with E-state index >= 15 is 0 Å². The van der Waals surface area contributed by atoms with Crippen molar-refractivity contribution < 1.29 is 44.0 Å². The van der Waals surface area contributed by atoms with Gasteiger partial charge in [0.1, 0.15) is 17.2 Å². The number of benzene rings is 5. The Morgan fingerprint density at radius 3 is 2.11 bits per heavy atom. The van der Waals surface area contributed by atoms with Gasteiger partial charge in [-0.2, -0.15) is 0 Å². The van der Waals surface area contributed by atoms with Crippen molar-refractivity contribution in [2.45, 2.75) is 77.8 Å². The van der Waals surface area contributed by atoms with Crippen molar-refractivity contribution in [1.29, 1.82) is 0 Å². The molecule has 15 heteroatoms. The summed E-state index contributed by atoms with van der Waals surface area (Å²) in [6, 6.07) is 31.7. The van der Waals surface area contributed by atoms with E-state index in [2.05, 4.69) is 66.1 Å². The number of anilines is 1. The van der Waals surface area contributed by atoms with E-state index in [1.54, 1.807) is 45.4 Å². The van der Waals surface area contributed by atoms with Gasteiger partial charge < -0.3 is 40.3 Å². The number of carbonyl (C=O) groups excluding carboxylic acids is 4. The summed E-state index contributed by atoms with van der Waals surface area (Å²) >= 11 is 4.09. The normalized spacial score (nSPS) is 22.0. The zero-order valence-corrected chi connectivity index (χ0v) is 46.6. The third-order valence-electron chi connectivity index (χ3n) is 14.8. The highest BCUT2D eigenvalue weighted by molar-refractivity contribution is 14.1. The predicted octanol–water partition coefficient (Wildman–Crippen LogP) is 9.05. The van der Waals surface area contributed by atoms with E-state index in [1.807, 2.05) is 113 Å². The summed E-state index contributed by atoms with van der Waals surface area (Å²) in [6.07, 6.45) is 2.63.